The second kappa shape index (κ2) is 13.8. The van der Waals surface area contributed by atoms with Crippen LogP contribution >= 0.6 is 0 Å². The number of aromatic hydroxyl groups is 1. The first kappa shape index (κ1) is 30.0. The summed E-state index contributed by atoms with van der Waals surface area (Å²) in [4.78, 5) is 41.2. The monoisotopic (exact) mass is 489 g/mol. The second-order valence-corrected chi connectivity index (χ2v) is 10.3. The smallest absolute Gasteiger partial charge is 0.408 e. The van der Waals surface area contributed by atoms with Gasteiger partial charge in [0.2, 0.25) is 11.8 Å². The van der Waals surface area contributed by atoms with Gasteiger partial charge in [0.25, 0.3) is 0 Å². The fourth-order valence-electron chi connectivity index (χ4n) is 3.80. The molecule has 35 heavy (non-hydrogen) atoms. The number of ether oxygens (including phenoxy) is 1. The fourth-order valence-corrected chi connectivity index (χ4v) is 3.80. The molecule has 196 valence electrons. The standard InChI is InChI=1S/C27H43N3O5/c1-9-13-19(5)28-24(32)23(20-14-11-12-15-22(20)31)30(16-10-2)25(33)21(17-18(3)4)29-26(34)35-27(6,7)8/h10-12,14-15,18-19,21,23,31H,2,9,13,16-17H2,1,3-8H3,(H,28,32)(H,29,34). The van der Waals surface area contributed by atoms with Gasteiger partial charge in [0.05, 0.1) is 0 Å². The van der Waals surface area contributed by atoms with Crippen LogP contribution in [0.15, 0.2) is 36.9 Å². The largest absolute Gasteiger partial charge is 0.508 e. The van der Waals surface area contributed by atoms with Crippen LogP contribution in [0.2, 0.25) is 0 Å². The summed E-state index contributed by atoms with van der Waals surface area (Å²) in [5, 5.41) is 16.2. The van der Waals surface area contributed by atoms with E-state index in [0.717, 1.165) is 12.8 Å². The van der Waals surface area contributed by atoms with Crippen molar-refractivity contribution in [2.75, 3.05) is 6.54 Å². The predicted molar refractivity (Wildman–Crippen MR) is 138 cm³/mol. The third-order valence-electron chi connectivity index (χ3n) is 5.21. The van der Waals surface area contributed by atoms with Crippen LogP contribution in [0.3, 0.4) is 0 Å². The number of nitrogens with zero attached hydrogens (tertiary/aromatic N) is 1. The highest BCUT2D eigenvalue weighted by Crippen LogP contribution is 2.30. The molecular weight excluding hydrogens is 446 g/mol. The lowest BCUT2D eigenvalue weighted by atomic mass is 9.98. The van der Waals surface area contributed by atoms with Crippen LogP contribution in [0.4, 0.5) is 4.79 Å². The number of rotatable bonds is 12. The first-order chi connectivity index (χ1) is 16.3. The average Bonchev–Trinajstić information content (AvgIpc) is 2.72. The third-order valence-corrected chi connectivity index (χ3v) is 5.21. The van der Waals surface area contributed by atoms with Crippen molar-refractivity contribution in [3.8, 4) is 5.75 Å². The molecule has 0 heterocycles. The summed E-state index contributed by atoms with van der Waals surface area (Å²) in [6.45, 7) is 16.8. The molecule has 8 heteroatoms. The van der Waals surface area contributed by atoms with E-state index >= 15 is 0 Å². The summed E-state index contributed by atoms with van der Waals surface area (Å²) in [5.74, 6) is -0.899. The Hall–Kier alpha value is -3.03. The van der Waals surface area contributed by atoms with E-state index in [1.165, 1.54) is 17.0 Å². The molecule has 1 aromatic carbocycles. The van der Waals surface area contributed by atoms with Crippen molar-refractivity contribution < 1.29 is 24.2 Å². The molecule has 3 amide bonds. The van der Waals surface area contributed by atoms with Gasteiger partial charge in [0, 0.05) is 18.2 Å². The molecule has 1 rings (SSSR count). The lowest BCUT2D eigenvalue weighted by Gasteiger charge is -2.35. The summed E-state index contributed by atoms with van der Waals surface area (Å²) in [6, 6.07) is 4.28. The van der Waals surface area contributed by atoms with Gasteiger partial charge < -0.3 is 25.4 Å². The number of alkyl carbamates (subject to hydrolysis) is 1. The summed E-state index contributed by atoms with van der Waals surface area (Å²) in [5.41, 5.74) is -0.436. The highest BCUT2D eigenvalue weighted by atomic mass is 16.6. The van der Waals surface area contributed by atoms with Gasteiger partial charge in [-0.1, -0.05) is 51.5 Å². The zero-order valence-electron chi connectivity index (χ0n) is 22.3. The van der Waals surface area contributed by atoms with Gasteiger partial charge in [-0.05, 0) is 52.5 Å². The number of nitrogens with one attached hydrogen (secondary N) is 2. The van der Waals surface area contributed by atoms with E-state index in [0.29, 0.717) is 12.0 Å². The van der Waals surface area contributed by atoms with E-state index < -0.39 is 35.6 Å². The number of benzene rings is 1. The fraction of sp³-hybridized carbons (Fsp3) is 0.593. The molecule has 3 unspecified atom stereocenters. The lowest BCUT2D eigenvalue weighted by Crippen LogP contribution is -2.54. The van der Waals surface area contributed by atoms with Crippen LogP contribution < -0.4 is 10.6 Å². The van der Waals surface area contributed by atoms with Crippen LogP contribution in [-0.4, -0.2) is 52.1 Å². The summed E-state index contributed by atoms with van der Waals surface area (Å²) in [7, 11) is 0. The molecule has 0 bridgehead atoms. The molecule has 0 radical (unpaired) electrons. The third kappa shape index (κ3) is 10.0. The molecule has 0 spiro atoms. The van der Waals surface area contributed by atoms with Gasteiger partial charge in [0.1, 0.15) is 23.4 Å². The van der Waals surface area contributed by atoms with Crippen LogP contribution in [0.1, 0.15) is 79.3 Å². The first-order valence-corrected chi connectivity index (χ1v) is 12.3. The Balaban J connectivity index is 3.45. The van der Waals surface area contributed by atoms with Gasteiger partial charge in [-0.25, -0.2) is 4.79 Å². The minimum atomic E-state index is -1.11. The molecule has 3 N–H and O–H groups in total. The van der Waals surface area contributed by atoms with Gasteiger partial charge in [-0.15, -0.1) is 6.58 Å². The summed E-state index contributed by atoms with van der Waals surface area (Å²) >= 11 is 0. The zero-order chi connectivity index (χ0) is 26.8. The highest BCUT2D eigenvalue weighted by molar-refractivity contribution is 5.92. The number of carbonyl (C=O) groups is 3. The predicted octanol–water partition coefficient (Wildman–Crippen LogP) is 4.69. The molecule has 8 nitrogen and oxygen atoms in total. The molecule has 1 aromatic rings. The van der Waals surface area contributed by atoms with Gasteiger partial charge in [-0.3, -0.25) is 9.59 Å². The van der Waals surface area contributed by atoms with Crippen LogP contribution in [0.25, 0.3) is 0 Å². The SMILES string of the molecule is C=CCN(C(=O)C(CC(C)C)NC(=O)OC(C)(C)C)C(C(=O)NC(C)CCC)c1ccccc1O. The van der Waals surface area contributed by atoms with Crippen molar-refractivity contribution in [3.63, 3.8) is 0 Å². The molecule has 0 saturated carbocycles. The molecule has 0 saturated heterocycles. The number of carbonyl (C=O) groups excluding carboxylic acids is 3. The normalized spacial score (nSPS) is 13.9. The Morgan fingerprint density at radius 1 is 1.14 bits per heavy atom. The number of phenols is 1. The molecule has 3 atom stereocenters. The summed E-state index contributed by atoms with van der Waals surface area (Å²) < 4.78 is 5.37. The number of hydrogen-bond acceptors (Lipinski definition) is 5. The number of amides is 3. The Morgan fingerprint density at radius 2 is 1.77 bits per heavy atom. The quantitative estimate of drug-likeness (QED) is 0.369. The van der Waals surface area contributed by atoms with Crippen LogP contribution in [0, 0.1) is 5.92 Å². The number of hydrogen-bond donors (Lipinski definition) is 3. The second-order valence-electron chi connectivity index (χ2n) is 10.3. The Kier molecular flexibility index (Phi) is 11.8. The maximum atomic E-state index is 13.9. The van der Waals surface area contributed by atoms with E-state index in [1.807, 2.05) is 27.7 Å². The van der Waals surface area contributed by atoms with E-state index in [1.54, 1.807) is 39.0 Å². The van der Waals surface area contributed by atoms with Gasteiger partial charge in [0.15, 0.2) is 0 Å². The first-order valence-electron chi connectivity index (χ1n) is 12.3. The lowest BCUT2D eigenvalue weighted by molar-refractivity contribution is -0.142. The van der Waals surface area contributed by atoms with E-state index in [-0.39, 0.29) is 24.3 Å². The molecule has 0 aliphatic carbocycles. The maximum absolute atomic E-state index is 13.9. The Bertz CT molecular complexity index is 863. The van der Waals surface area contributed by atoms with Crippen molar-refractivity contribution in [1.29, 1.82) is 0 Å². The van der Waals surface area contributed by atoms with E-state index in [2.05, 4.69) is 17.2 Å². The zero-order valence-corrected chi connectivity index (χ0v) is 22.3. The van der Waals surface area contributed by atoms with Crippen LogP contribution in [-0.2, 0) is 14.3 Å². The summed E-state index contributed by atoms with van der Waals surface area (Å²) in [6.07, 6.45) is 2.80. The van der Waals surface area contributed by atoms with Crippen molar-refractivity contribution in [2.45, 2.75) is 91.5 Å². The molecule has 0 aromatic heterocycles. The van der Waals surface area contributed by atoms with Crippen molar-refractivity contribution >= 4 is 17.9 Å². The van der Waals surface area contributed by atoms with Crippen molar-refractivity contribution in [3.05, 3.63) is 42.5 Å². The topological polar surface area (TPSA) is 108 Å². The molecule has 0 fully saturated rings. The molecule has 0 aliphatic rings. The van der Waals surface area contributed by atoms with Crippen LogP contribution in [0.5, 0.6) is 5.75 Å². The maximum Gasteiger partial charge on any atom is 0.408 e. The molecule has 0 aliphatic heterocycles. The van der Waals surface area contributed by atoms with Crippen molar-refractivity contribution in [2.24, 2.45) is 5.92 Å². The number of para-hydroxylation sites is 1. The van der Waals surface area contributed by atoms with E-state index in [4.69, 9.17) is 4.74 Å². The van der Waals surface area contributed by atoms with E-state index in [9.17, 15) is 19.5 Å². The molecular formula is C27H43N3O5. The van der Waals surface area contributed by atoms with Gasteiger partial charge in [-0.2, -0.15) is 0 Å². The minimum absolute atomic E-state index is 0.0397. The van der Waals surface area contributed by atoms with Crippen molar-refractivity contribution in [1.82, 2.24) is 15.5 Å². The highest BCUT2D eigenvalue weighted by Gasteiger charge is 2.37. The average molecular weight is 490 g/mol. The Labute approximate surface area is 210 Å². The van der Waals surface area contributed by atoms with Gasteiger partial charge >= 0.3 is 6.09 Å². The Morgan fingerprint density at radius 3 is 2.29 bits per heavy atom. The number of phenolic OH excluding ortho intramolecular Hbond substituents is 1. The minimum Gasteiger partial charge on any atom is -0.508 e.